The molecule has 0 saturated carbocycles. The lowest BCUT2D eigenvalue weighted by Gasteiger charge is -2.49. The summed E-state index contributed by atoms with van der Waals surface area (Å²) < 4.78 is 9.91. The Morgan fingerprint density at radius 2 is 1.84 bits per heavy atom. The summed E-state index contributed by atoms with van der Waals surface area (Å²) in [5.41, 5.74) is 4.70. The van der Waals surface area contributed by atoms with Crippen LogP contribution >= 0.6 is 23.1 Å². The number of carboxylic acid groups (broad SMARTS) is 1. The van der Waals surface area contributed by atoms with Gasteiger partial charge in [-0.15, -0.1) is 23.1 Å². The molecule has 244 valence electrons. The number of rotatable bonds is 10. The number of nitrogens with one attached hydrogen (secondary N) is 3. The molecule has 0 radical (unpaired) electrons. The highest BCUT2D eigenvalue weighted by Gasteiger charge is 2.54. The molecule has 1 fully saturated rings. The highest BCUT2D eigenvalue weighted by Crippen LogP contribution is 2.40. The molecule has 1 aromatic heterocycles. The number of thiazole rings is 1. The van der Waals surface area contributed by atoms with Crippen molar-refractivity contribution in [3.8, 4) is 0 Å². The van der Waals surface area contributed by atoms with Crippen LogP contribution in [0.5, 0.6) is 0 Å². The van der Waals surface area contributed by atoms with Crippen molar-refractivity contribution in [2.45, 2.75) is 90.9 Å². The average molecular weight is 655 g/mol. The number of nitrogens with two attached hydrogens (primary N) is 1. The molecule has 16 heteroatoms. The first-order valence-corrected chi connectivity index (χ1v) is 15.9. The zero-order valence-corrected chi connectivity index (χ0v) is 27.8. The number of thioether (sulfide) groups is 1. The fourth-order valence-corrected chi connectivity index (χ4v) is 6.23. The summed E-state index contributed by atoms with van der Waals surface area (Å²) in [5, 5.41) is 19.3. The maximum absolute atomic E-state index is 13.1. The number of allylic oxidation sites excluding steroid dienone is 1. The van der Waals surface area contributed by atoms with Gasteiger partial charge in [0.25, 0.3) is 11.8 Å². The largest absolute Gasteiger partial charge is 0.477 e. The monoisotopic (exact) mass is 654 g/mol. The van der Waals surface area contributed by atoms with E-state index in [-0.39, 0.29) is 34.3 Å². The highest BCUT2D eigenvalue weighted by atomic mass is 32.2. The number of amides is 4. The molecule has 3 rings (SSSR count). The van der Waals surface area contributed by atoms with Crippen molar-refractivity contribution in [2.75, 3.05) is 17.7 Å². The zero-order valence-electron chi connectivity index (χ0n) is 26.2. The topological polar surface area (TPSA) is 202 Å². The first kappa shape index (κ1) is 36.6. The van der Waals surface area contributed by atoms with E-state index in [0.29, 0.717) is 24.2 Å². The summed E-state index contributed by atoms with van der Waals surface area (Å²) in [6.45, 7) is 15.3. The SMILES string of the molecule is CC(C)NC(C)C.CC/C=C(\C(=O)N[C@@H]1C(=O)N2C(C(=O)O)=C(COC(N)=O)CS[C@H]12)c1csc(NC(=O)OC(C)(C)C)n1. The molecular formula is C28H42N6O8S2. The van der Waals surface area contributed by atoms with Gasteiger partial charge in [0.15, 0.2) is 5.13 Å². The highest BCUT2D eigenvalue weighted by molar-refractivity contribution is 8.00. The fraction of sp³-hybridized carbons (Fsp3) is 0.571. The minimum Gasteiger partial charge on any atom is -0.477 e. The summed E-state index contributed by atoms with van der Waals surface area (Å²) in [6, 6.07) is 0.281. The van der Waals surface area contributed by atoms with E-state index in [1.54, 1.807) is 32.2 Å². The van der Waals surface area contributed by atoms with Gasteiger partial charge in [0.2, 0.25) is 0 Å². The van der Waals surface area contributed by atoms with Gasteiger partial charge in [-0.05, 0) is 27.2 Å². The lowest BCUT2D eigenvalue weighted by atomic mass is 10.0. The second-order valence-corrected chi connectivity index (χ2v) is 13.4. The van der Waals surface area contributed by atoms with E-state index in [2.05, 4.69) is 48.6 Å². The Balaban J connectivity index is 0.000000860. The number of hydrogen-bond donors (Lipinski definition) is 5. The van der Waals surface area contributed by atoms with Crippen LogP contribution in [0.2, 0.25) is 0 Å². The van der Waals surface area contributed by atoms with Gasteiger partial charge in [0.05, 0.1) is 11.3 Å². The van der Waals surface area contributed by atoms with Gasteiger partial charge in [-0.25, -0.2) is 19.4 Å². The van der Waals surface area contributed by atoms with Gasteiger partial charge < -0.3 is 30.9 Å². The Kier molecular flexibility index (Phi) is 13.2. The Morgan fingerprint density at radius 3 is 2.34 bits per heavy atom. The number of carboxylic acids is 1. The molecule has 2 aliphatic rings. The van der Waals surface area contributed by atoms with Gasteiger partial charge >= 0.3 is 18.2 Å². The molecule has 14 nitrogen and oxygen atoms in total. The molecule has 0 bridgehead atoms. The van der Waals surface area contributed by atoms with E-state index in [1.165, 1.54) is 11.8 Å². The summed E-state index contributed by atoms with van der Waals surface area (Å²) >= 11 is 2.33. The molecule has 0 spiro atoms. The van der Waals surface area contributed by atoms with Crippen LogP contribution in [0.3, 0.4) is 0 Å². The lowest BCUT2D eigenvalue weighted by Crippen LogP contribution is -2.70. The van der Waals surface area contributed by atoms with Gasteiger partial charge in [-0.2, -0.15) is 0 Å². The van der Waals surface area contributed by atoms with Crippen molar-refractivity contribution in [1.29, 1.82) is 0 Å². The molecule has 6 N–H and O–H groups in total. The molecule has 0 aromatic carbocycles. The van der Waals surface area contributed by atoms with E-state index >= 15 is 0 Å². The van der Waals surface area contributed by atoms with Crippen molar-refractivity contribution in [1.82, 2.24) is 20.5 Å². The zero-order chi connectivity index (χ0) is 33.4. The molecule has 44 heavy (non-hydrogen) atoms. The Morgan fingerprint density at radius 1 is 1.20 bits per heavy atom. The molecule has 1 aromatic rings. The normalized spacial score (nSPS) is 18.2. The third-order valence-electron chi connectivity index (χ3n) is 5.63. The van der Waals surface area contributed by atoms with E-state index in [0.717, 1.165) is 16.2 Å². The standard InChI is InChI=1S/C22H27N5O8S2.C6H15N/c1-5-6-11(12-9-37-20(24-12)26-21(33)35-22(2,3)4)15(28)25-13-16(29)27-14(18(30)31)10(7-34-19(23)32)8-36-17(13)27;1-5(2)7-6(3)4/h6,9,13,17H,5,7-8H2,1-4H3,(H2,23,32)(H,25,28)(H,30,31)(H,24,26,33);5-7H,1-4H3/b11-6-;/t13-,17-;/m1./s1. The first-order valence-electron chi connectivity index (χ1n) is 14.0. The smallest absolute Gasteiger partial charge is 0.413 e. The van der Waals surface area contributed by atoms with Crippen molar-refractivity contribution >= 4 is 63.8 Å². The Bertz CT molecular complexity index is 1300. The number of carbonyl (C=O) groups excluding carboxylic acids is 4. The van der Waals surface area contributed by atoms with Crippen molar-refractivity contribution in [3.63, 3.8) is 0 Å². The third kappa shape index (κ3) is 10.5. The van der Waals surface area contributed by atoms with Crippen molar-refractivity contribution in [2.24, 2.45) is 5.73 Å². The molecule has 4 amide bonds. The van der Waals surface area contributed by atoms with Gasteiger partial charge in [-0.1, -0.05) is 40.7 Å². The minimum atomic E-state index is -1.36. The summed E-state index contributed by atoms with van der Waals surface area (Å²) in [5.74, 6) is -2.37. The molecule has 2 aliphatic heterocycles. The number of fused-ring (bicyclic) bond motifs is 1. The quantitative estimate of drug-likeness (QED) is 0.182. The van der Waals surface area contributed by atoms with Crippen LogP contribution in [0, 0.1) is 0 Å². The molecule has 0 aliphatic carbocycles. The van der Waals surface area contributed by atoms with Crippen molar-refractivity contribution in [3.05, 3.63) is 28.4 Å². The van der Waals surface area contributed by atoms with Crippen LogP contribution in [-0.2, 0) is 23.9 Å². The molecule has 1 saturated heterocycles. The second-order valence-electron chi connectivity index (χ2n) is 11.4. The third-order valence-corrected chi connectivity index (χ3v) is 7.73. The molecular weight excluding hydrogens is 612 g/mol. The van der Waals surface area contributed by atoms with E-state index in [1.807, 2.05) is 6.92 Å². The Hall–Kier alpha value is -3.63. The predicted octanol–water partition coefficient (Wildman–Crippen LogP) is 3.51. The number of anilines is 1. The van der Waals surface area contributed by atoms with Crippen LogP contribution < -0.4 is 21.7 Å². The summed E-state index contributed by atoms with van der Waals surface area (Å²) in [6.07, 6.45) is 0.383. The Labute approximate surface area is 265 Å². The number of carbonyl (C=O) groups is 5. The van der Waals surface area contributed by atoms with Gasteiger partial charge in [0.1, 0.15) is 29.3 Å². The van der Waals surface area contributed by atoms with E-state index in [4.69, 9.17) is 15.2 Å². The molecule has 0 unspecified atom stereocenters. The van der Waals surface area contributed by atoms with Crippen LogP contribution in [-0.4, -0.2) is 86.4 Å². The van der Waals surface area contributed by atoms with Gasteiger partial charge in [0, 0.05) is 28.8 Å². The number of ether oxygens (including phenoxy) is 2. The maximum atomic E-state index is 13.1. The van der Waals surface area contributed by atoms with Crippen molar-refractivity contribution < 1.29 is 38.6 Å². The van der Waals surface area contributed by atoms with E-state index in [9.17, 15) is 29.1 Å². The van der Waals surface area contributed by atoms with Crippen LogP contribution in [0.15, 0.2) is 22.7 Å². The van der Waals surface area contributed by atoms with Crippen LogP contribution in [0.1, 0.15) is 67.5 Å². The number of aromatic nitrogens is 1. The fourth-order valence-electron chi connectivity index (χ4n) is 4.20. The lowest BCUT2D eigenvalue weighted by molar-refractivity contribution is -0.150. The number of nitrogens with zero attached hydrogens (tertiary/aromatic N) is 2. The predicted molar refractivity (Wildman–Crippen MR) is 169 cm³/mol. The number of hydrogen-bond acceptors (Lipinski definition) is 11. The molecule has 2 atom stereocenters. The number of primary amides is 1. The number of aliphatic carboxylic acids is 1. The average Bonchev–Trinajstić information content (AvgIpc) is 3.34. The second kappa shape index (κ2) is 15.9. The minimum absolute atomic E-state index is 0.166. The first-order chi connectivity index (χ1) is 20.4. The van der Waals surface area contributed by atoms with Crippen LogP contribution in [0.25, 0.3) is 5.57 Å². The summed E-state index contributed by atoms with van der Waals surface area (Å²) in [7, 11) is 0. The van der Waals surface area contributed by atoms with E-state index < -0.39 is 47.0 Å². The number of β-lactam (4-membered cyclic amide) rings is 1. The van der Waals surface area contributed by atoms with Gasteiger partial charge in [-0.3, -0.25) is 19.8 Å². The van der Waals surface area contributed by atoms with Crippen LogP contribution in [0.4, 0.5) is 14.7 Å². The summed E-state index contributed by atoms with van der Waals surface area (Å²) in [4.78, 5) is 66.1. The molecule has 3 heterocycles. The maximum Gasteiger partial charge on any atom is 0.413 e.